The lowest BCUT2D eigenvalue weighted by molar-refractivity contribution is -0.135. The van der Waals surface area contributed by atoms with E-state index in [4.69, 9.17) is 18.9 Å². The molecule has 8 nitrogen and oxygen atoms in total. The predicted molar refractivity (Wildman–Crippen MR) is 136 cm³/mol. The number of aromatic nitrogens is 2. The van der Waals surface area contributed by atoms with E-state index in [1.165, 1.54) is 0 Å². The second-order valence-corrected chi connectivity index (χ2v) is 8.61. The molecule has 0 spiro atoms. The van der Waals surface area contributed by atoms with Gasteiger partial charge in [-0.1, -0.05) is 12.1 Å². The normalized spacial score (nSPS) is 14.9. The minimum atomic E-state index is -0.294. The van der Waals surface area contributed by atoms with Gasteiger partial charge in [0.15, 0.2) is 11.5 Å². The summed E-state index contributed by atoms with van der Waals surface area (Å²) in [5, 5.41) is 0. The lowest BCUT2D eigenvalue weighted by atomic mass is 9.92. The molecule has 0 bridgehead atoms. The molecule has 1 amide bonds. The fourth-order valence-electron chi connectivity index (χ4n) is 4.73. The minimum Gasteiger partial charge on any atom is -0.497 e. The number of carbonyl (C=O) groups is 1. The molecule has 1 aromatic heterocycles. The van der Waals surface area contributed by atoms with Crippen molar-refractivity contribution in [2.45, 2.75) is 19.0 Å². The van der Waals surface area contributed by atoms with Crippen LogP contribution in [0.1, 0.15) is 17.2 Å². The number of fused-ring (bicyclic) bond motifs is 2. The van der Waals surface area contributed by atoms with Crippen LogP contribution in [-0.2, 0) is 17.8 Å². The van der Waals surface area contributed by atoms with E-state index in [1.54, 1.807) is 27.7 Å². The molecule has 5 rings (SSSR count). The van der Waals surface area contributed by atoms with Crippen LogP contribution in [0.5, 0.6) is 23.0 Å². The highest BCUT2D eigenvalue weighted by Crippen LogP contribution is 2.38. The Kier molecular flexibility index (Phi) is 6.66. The van der Waals surface area contributed by atoms with Gasteiger partial charge in [0, 0.05) is 6.54 Å². The van der Waals surface area contributed by atoms with E-state index in [1.807, 2.05) is 70.1 Å². The van der Waals surface area contributed by atoms with Crippen molar-refractivity contribution < 1.29 is 23.7 Å². The predicted octanol–water partition coefficient (Wildman–Crippen LogP) is 4.27. The second kappa shape index (κ2) is 10.2. The summed E-state index contributed by atoms with van der Waals surface area (Å²) in [6.45, 7) is 1.07. The number of carbonyl (C=O) groups excluding carboxylic acids is 1. The van der Waals surface area contributed by atoms with Gasteiger partial charge in [0.1, 0.15) is 24.7 Å². The van der Waals surface area contributed by atoms with Crippen LogP contribution in [0, 0.1) is 0 Å². The lowest BCUT2D eigenvalue weighted by Crippen LogP contribution is -2.44. The van der Waals surface area contributed by atoms with Gasteiger partial charge < -0.3 is 28.4 Å². The Labute approximate surface area is 210 Å². The van der Waals surface area contributed by atoms with Crippen molar-refractivity contribution in [1.82, 2.24) is 14.5 Å². The van der Waals surface area contributed by atoms with Gasteiger partial charge in [-0.15, -0.1) is 0 Å². The molecule has 0 aliphatic carbocycles. The fraction of sp³-hybridized carbons (Fsp3) is 0.286. The Bertz CT molecular complexity index is 1370. The average molecular weight is 488 g/mol. The molecular weight excluding hydrogens is 458 g/mol. The van der Waals surface area contributed by atoms with E-state index >= 15 is 0 Å². The minimum absolute atomic E-state index is 0.00178. The van der Waals surface area contributed by atoms with E-state index in [9.17, 15) is 4.79 Å². The van der Waals surface area contributed by atoms with Crippen LogP contribution >= 0.6 is 0 Å². The van der Waals surface area contributed by atoms with Crippen molar-refractivity contribution in [1.29, 1.82) is 0 Å². The fourth-order valence-corrected chi connectivity index (χ4v) is 4.73. The third-order valence-electron chi connectivity index (χ3n) is 6.62. The van der Waals surface area contributed by atoms with Gasteiger partial charge >= 0.3 is 0 Å². The van der Waals surface area contributed by atoms with E-state index in [2.05, 4.69) is 4.98 Å². The summed E-state index contributed by atoms with van der Waals surface area (Å²) in [7, 11) is 4.87. The number of para-hydroxylation sites is 2. The molecule has 3 aromatic carbocycles. The molecule has 0 saturated heterocycles. The molecule has 8 heteroatoms. The number of nitrogens with zero attached hydrogens (tertiary/aromatic N) is 3. The Morgan fingerprint density at radius 2 is 1.67 bits per heavy atom. The van der Waals surface area contributed by atoms with Crippen LogP contribution < -0.4 is 18.9 Å². The summed E-state index contributed by atoms with van der Waals surface area (Å²) < 4.78 is 24.4. The van der Waals surface area contributed by atoms with E-state index in [0.717, 1.165) is 27.9 Å². The number of imidazole rings is 1. The first-order valence-electron chi connectivity index (χ1n) is 11.8. The third-order valence-corrected chi connectivity index (χ3v) is 6.62. The summed E-state index contributed by atoms with van der Waals surface area (Å²) in [5.41, 5.74) is 3.91. The largest absolute Gasteiger partial charge is 0.497 e. The number of benzene rings is 3. The van der Waals surface area contributed by atoms with Crippen LogP contribution in [0.15, 0.2) is 67.0 Å². The zero-order valence-corrected chi connectivity index (χ0v) is 20.6. The van der Waals surface area contributed by atoms with Gasteiger partial charge in [-0.2, -0.15) is 0 Å². The van der Waals surface area contributed by atoms with E-state index < -0.39 is 0 Å². The average Bonchev–Trinajstić information content (AvgIpc) is 3.33. The number of amides is 1. The van der Waals surface area contributed by atoms with Crippen molar-refractivity contribution >= 4 is 16.9 Å². The zero-order chi connectivity index (χ0) is 25.1. The molecule has 0 radical (unpaired) electrons. The Morgan fingerprint density at radius 1 is 0.944 bits per heavy atom. The maximum absolute atomic E-state index is 13.7. The van der Waals surface area contributed by atoms with Gasteiger partial charge in [-0.25, -0.2) is 4.98 Å². The Balaban J connectivity index is 1.45. The van der Waals surface area contributed by atoms with Crippen molar-refractivity contribution in [3.05, 3.63) is 78.1 Å². The van der Waals surface area contributed by atoms with Gasteiger partial charge in [0.25, 0.3) is 0 Å². The molecule has 1 unspecified atom stereocenters. The maximum Gasteiger partial charge on any atom is 0.243 e. The lowest BCUT2D eigenvalue weighted by Gasteiger charge is -2.37. The highest BCUT2D eigenvalue weighted by Gasteiger charge is 2.33. The topological polar surface area (TPSA) is 75.1 Å². The molecule has 0 fully saturated rings. The Hall–Kier alpha value is -4.20. The summed E-state index contributed by atoms with van der Waals surface area (Å²) in [6.07, 6.45) is 2.43. The summed E-state index contributed by atoms with van der Waals surface area (Å²) in [5.74, 6) is 2.77. The molecule has 1 atom stereocenters. The van der Waals surface area contributed by atoms with Gasteiger partial charge in [-0.05, 0) is 66.1 Å². The summed E-state index contributed by atoms with van der Waals surface area (Å²) in [6, 6.07) is 18.9. The van der Waals surface area contributed by atoms with Gasteiger partial charge in [0.2, 0.25) is 5.91 Å². The molecule has 1 aliphatic heterocycles. The smallest absolute Gasteiger partial charge is 0.243 e. The number of ether oxygens (including phenoxy) is 4. The summed E-state index contributed by atoms with van der Waals surface area (Å²) in [4.78, 5) is 20.0. The van der Waals surface area contributed by atoms with Crippen LogP contribution in [0.2, 0.25) is 0 Å². The molecule has 186 valence electrons. The third kappa shape index (κ3) is 4.54. The zero-order valence-electron chi connectivity index (χ0n) is 20.6. The van der Waals surface area contributed by atoms with E-state index in [-0.39, 0.29) is 18.5 Å². The molecular formula is C28H29N3O5. The number of hydrogen-bond donors (Lipinski definition) is 0. The van der Waals surface area contributed by atoms with E-state index in [0.29, 0.717) is 36.8 Å². The molecule has 36 heavy (non-hydrogen) atoms. The van der Waals surface area contributed by atoms with Crippen molar-refractivity contribution in [3.63, 3.8) is 0 Å². The maximum atomic E-state index is 13.7. The van der Waals surface area contributed by atoms with Crippen molar-refractivity contribution in [2.75, 3.05) is 34.5 Å². The van der Waals surface area contributed by atoms with Crippen LogP contribution in [0.4, 0.5) is 0 Å². The Morgan fingerprint density at radius 3 is 2.42 bits per heavy atom. The van der Waals surface area contributed by atoms with Crippen LogP contribution in [0.3, 0.4) is 0 Å². The standard InChI is InChI=1S/C28H29N3O5/c1-33-20-8-10-21(11-9-20)36-17-25-22-15-27(35-3)26(34-2)14-19(22)12-13-31(25)28(32)16-30-18-29-23-6-4-5-7-24(23)30/h4-11,14-15,18,25H,12-13,16-17H2,1-3H3. The van der Waals surface area contributed by atoms with Crippen molar-refractivity contribution in [2.24, 2.45) is 0 Å². The molecule has 0 N–H and O–H groups in total. The van der Waals surface area contributed by atoms with Gasteiger partial charge in [0.05, 0.1) is 44.7 Å². The SMILES string of the molecule is COc1ccc(OCC2c3cc(OC)c(OC)cc3CCN2C(=O)Cn2cnc3ccccc32)cc1. The highest BCUT2D eigenvalue weighted by atomic mass is 16.5. The number of rotatable bonds is 8. The van der Waals surface area contributed by atoms with Crippen LogP contribution in [-0.4, -0.2) is 54.8 Å². The molecule has 2 heterocycles. The second-order valence-electron chi connectivity index (χ2n) is 8.61. The van der Waals surface area contributed by atoms with Gasteiger partial charge in [-0.3, -0.25) is 4.79 Å². The molecule has 1 aliphatic rings. The number of methoxy groups -OCH3 is 3. The number of hydrogen-bond acceptors (Lipinski definition) is 6. The van der Waals surface area contributed by atoms with Crippen LogP contribution in [0.25, 0.3) is 11.0 Å². The first kappa shape index (κ1) is 23.5. The molecule has 4 aromatic rings. The first-order chi connectivity index (χ1) is 17.6. The quantitative estimate of drug-likeness (QED) is 0.370. The summed E-state index contributed by atoms with van der Waals surface area (Å²) >= 11 is 0. The monoisotopic (exact) mass is 487 g/mol. The first-order valence-corrected chi connectivity index (χ1v) is 11.8. The molecule has 0 saturated carbocycles. The van der Waals surface area contributed by atoms with Crippen molar-refractivity contribution in [3.8, 4) is 23.0 Å². The highest BCUT2D eigenvalue weighted by molar-refractivity contribution is 5.81.